The number of nitrogens with zero attached hydrogens (tertiary/aromatic N) is 2. The Hall–Kier alpha value is -3.11. The lowest BCUT2D eigenvalue weighted by atomic mass is 9.94. The highest BCUT2D eigenvalue weighted by atomic mass is 16.7. The van der Waals surface area contributed by atoms with Crippen molar-refractivity contribution in [3.8, 4) is 0 Å². The average molecular weight is 396 g/mol. The molecular weight excluding hydrogens is 376 g/mol. The smallest absolute Gasteiger partial charge is 0.330 e. The first-order valence-corrected chi connectivity index (χ1v) is 8.88. The lowest BCUT2D eigenvalue weighted by Crippen LogP contribution is -2.35. The Morgan fingerprint density at radius 1 is 0.786 bits per heavy atom. The van der Waals surface area contributed by atoms with Gasteiger partial charge in [-0.2, -0.15) is 0 Å². The lowest BCUT2D eigenvalue weighted by molar-refractivity contribution is -0.200. The maximum absolute atomic E-state index is 12.2. The fourth-order valence-corrected chi connectivity index (χ4v) is 2.75. The minimum absolute atomic E-state index is 0.0749. The molecule has 2 aliphatic heterocycles. The molecule has 0 unspecified atom stereocenters. The van der Waals surface area contributed by atoms with Crippen LogP contribution in [0, 0.1) is 5.92 Å². The summed E-state index contributed by atoms with van der Waals surface area (Å²) in [5.74, 6) is -6.28. The maximum Gasteiger partial charge on any atom is 0.333 e. The van der Waals surface area contributed by atoms with Crippen molar-refractivity contribution in [3.63, 3.8) is 0 Å². The first kappa shape index (κ1) is 21.2. The van der Waals surface area contributed by atoms with Crippen LogP contribution >= 0.6 is 0 Å². The maximum atomic E-state index is 12.2. The summed E-state index contributed by atoms with van der Waals surface area (Å²) >= 11 is 0. The molecule has 0 saturated carbocycles. The summed E-state index contributed by atoms with van der Waals surface area (Å²) in [4.78, 5) is 91.7. The van der Waals surface area contributed by atoms with Gasteiger partial charge in [0.05, 0.1) is 12.8 Å². The van der Waals surface area contributed by atoms with Gasteiger partial charge < -0.3 is 9.68 Å². The predicted octanol–water partition coefficient (Wildman–Crippen LogP) is -0.0336. The molecule has 0 bridgehead atoms. The molecule has 0 aromatic carbocycles. The highest BCUT2D eigenvalue weighted by Crippen LogP contribution is 2.20. The third-order valence-electron chi connectivity index (χ3n) is 4.18. The molecule has 2 aliphatic rings. The second kappa shape index (κ2) is 9.20. The molecular formula is C17H20N2O9. The van der Waals surface area contributed by atoms with Crippen molar-refractivity contribution >= 4 is 41.4 Å². The van der Waals surface area contributed by atoms with Crippen LogP contribution in [0.3, 0.4) is 0 Å². The Morgan fingerprint density at radius 2 is 1.14 bits per heavy atom. The van der Waals surface area contributed by atoms with Crippen molar-refractivity contribution in [1.29, 1.82) is 0 Å². The minimum Gasteiger partial charge on any atom is -0.330 e. The Morgan fingerprint density at radius 3 is 1.46 bits per heavy atom. The number of ketones is 1. The molecule has 11 nitrogen and oxygen atoms in total. The van der Waals surface area contributed by atoms with E-state index in [4.69, 9.17) is 9.68 Å². The molecule has 2 saturated heterocycles. The van der Waals surface area contributed by atoms with Crippen molar-refractivity contribution in [3.05, 3.63) is 0 Å². The van der Waals surface area contributed by atoms with Crippen LogP contribution in [-0.4, -0.2) is 51.5 Å². The van der Waals surface area contributed by atoms with Gasteiger partial charge in [0.15, 0.2) is 0 Å². The first-order valence-electron chi connectivity index (χ1n) is 8.88. The largest absolute Gasteiger partial charge is 0.333 e. The summed E-state index contributed by atoms with van der Waals surface area (Å²) in [5.41, 5.74) is 0. The van der Waals surface area contributed by atoms with E-state index in [1.54, 1.807) is 6.92 Å². The number of Topliss-reactive ketones (excluding diaryl/α,β-unsaturated/α-hetero) is 1. The molecule has 0 radical (unpaired) electrons. The average Bonchev–Trinajstić information content (AvgIpc) is 3.11. The monoisotopic (exact) mass is 396 g/mol. The summed E-state index contributed by atoms with van der Waals surface area (Å²) in [6.07, 6.45) is -0.883. The molecule has 0 aromatic rings. The Labute approximate surface area is 159 Å². The molecule has 0 spiro atoms. The second-order valence-corrected chi connectivity index (χ2v) is 6.41. The van der Waals surface area contributed by atoms with Crippen LogP contribution in [0.5, 0.6) is 0 Å². The van der Waals surface area contributed by atoms with Crippen molar-refractivity contribution in [1.82, 2.24) is 10.1 Å². The summed E-state index contributed by atoms with van der Waals surface area (Å²) < 4.78 is 0. The fraction of sp³-hybridized carbons (Fsp3) is 0.588. The Bertz CT molecular complexity index is 646. The topological polar surface area (TPSA) is 144 Å². The van der Waals surface area contributed by atoms with E-state index in [1.165, 1.54) is 0 Å². The number of carbonyl (C=O) groups is 7. The molecule has 152 valence electrons. The van der Waals surface area contributed by atoms with Crippen LogP contribution < -0.4 is 0 Å². The number of hydrogen-bond acceptors (Lipinski definition) is 9. The summed E-state index contributed by atoms with van der Waals surface area (Å²) in [5, 5.41) is 0.702. The van der Waals surface area contributed by atoms with E-state index in [-0.39, 0.29) is 32.1 Å². The van der Waals surface area contributed by atoms with Crippen LogP contribution in [0.4, 0.5) is 0 Å². The van der Waals surface area contributed by atoms with Gasteiger partial charge >= 0.3 is 11.9 Å². The molecule has 0 aromatic heterocycles. The third-order valence-corrected chi connectivity index (χ3v) is 4.18. The molecule has 0 aliphatic carbocycles. The van der Waals surface area contributed by atoms with Gasteiger partial charge in [-0.3, -0.25) is 24.0 Å². The minimum atomic E-state index is -1.14. The Kier molecular flexibility index (Phi) is 6.96. The second-order valence-electron chi connectivity index (χ2n) is 6.41. The van der Waals surface area contributed by atoms with Crippen molar-refractivity contribution < 1.29 is 43.2 Å². The summed E-state index contributed by atoms with van der Waals surface area (Å²) in [6, 6.07) is 0. The number of imide groups is 2. The fourth-order valence-electron chi connectivity index (χ4n) is 2.75. The first-order chi connectivity index (χ1) is 13.2. The molecule has 28 heavy (non-hydrogen) atoms. The zero-order valence-electron chi connectivity index (χ0n) is 15.3. The van der Waals surface area contributed by atoms with Gasteiger partial charge in [0.1, 0.15) is 5.78 Å². The number of hydrogen-bond donors (Lipinski definition) is 0. The van der Waals surface area contributed by atoms with Gasteiger partial charge in [0, 0.05) is 38.0 Å². The molecule has 0 N–H and O–H groups in total. The number of hydroxylamine groups is 4. The summed E-state index contributed by atoms with van der Waals surface area (Å²) in [7, 11) is 0. The van der Waals surface area contributed by atoms with Gasteiger partial charge in [-0.1, -0.05) is 6.92 Å². The normalized spacial score (nSPS) is 16.9. The van der Waals surface area contributed by atoms with E-state index in [0.717, 1.165) is 0 Å². The zero-order valence-corrected chi connectivity index (χ0v) is 15.3. The quantitative estimate of drug-likeness (QED) is 0.490. The molecule has 2 rings (SSSR count). The van der Waals surface area contributed by atoms with E-state index in [0.29, 0.717) is 16.5 Å². The number of rotatable bonds is 9. The van der Waals surface area contributed by atoms with E-state index >= 15 is 0 Å². The van der Waals surface area contributed by atoms with Crippen LogP contribution in [0.1, 0.15) is 58.3 Å². The highest BCUT2D eigenvalue weighted by molar-refractivity contribution is 6.02. The zero-order chi connectivity index (χ0) is 20.8. The van der Waals surface area contributed by atoms with E-state index in [9.17, 15) is 33.6 Å². The molecule has 4 amide bonds. The van der Waals surface area contributed by atoms with Crippen LogP contribution in [0.15, 0.2) is 0 Å². The van der Waals surface area contributed by atoms with Crippen LogP contribution in [-0.2, 0) is 43.2 Å². The molecule has 11 heteroatoms. The third kappa shape index (κ3) is 5.21. The molecule has 2 fully saturated rings. The number of amides is 4. The van der Waals surface area contributed by atoms with E-state index in [1.807, 2.05) is 0 Å². The van der Waals surface area contributed by atoms with E-state index in [2.05, 4.69) is 0 Å². The van der Waals surface area contributed by atoms with Crippen LogP contribution in [0.25, 0.3) is 0 Å². The van der Waals surface area contributed by atoms with Crippen LogP contribution in [0.2, 0.25) is 0 Å². The molecule has 2 heterocycles. The Balaban J connectivity index is 1.97. The van der Waals surface area contributed by atoms with E-state index < -0.39 is 60.1 Å². The van der Waals surface area contributed by atoms with Crippen molar-refractivity contribution in [2.24, 2.45) is 5.92 Å². The molecule has 0 atom stereocenters. The predicted molar refractivity (Wildman–Crippen MR) is 87.0 cm³/mol. The van der Waals surface area contributed by atoms with Gasteiger partial charge in [0.2, 0.25) is 0 Å². The lowest BCUT2D eigenvalue weighted by Gasteiger charge is -2.18. The number of carbonyl (C=O) groups excluding carboxylic acids is 7. The van der Waals surface area contributed by atoms with Crippen molar-refractivity contribution in [2.45, 2.75) is 58.3 Å². The van der Waals surface area contributed by atoms with Gasteiger partial charge in [-0.15, -0.1) is 10.1 Å². The van der Waals surface area contributed by atoms with Gasteiger partial charge in [0.25, 0.3) is 23.6 Å². The SMILES string of the molecule is CCCC(=O)C(CC(=O)ON1C(=O)CCC1=O)CC(=O)ON1C(=O)CCC1=O. The van der Waals surface area contributed by atoms with Gasteiger partial charge in [-0.05, 0) is 6.42 Å². The van der Waals surface area contributed by atoms with Crippen molar-refractivity contribution in [2.75, 3.05) is 0 Å². The standard InChI is InChI=1S/C17H20N2O9/c1-2-3-11(20)10(8-16(25)27-18-12(21)4-5-13(18)22)9-17(26)28-19-14(23)6-7-15(19)24/h10H,2-9H2,1H3. The van der Waals surface area contributed by atoms with Gasteiger partial charge in [-0.25, -0.2) is 9.59 Å². The summed E-state index contributed by atoms with van der Waals surface area (Å²) in [6.45, 7) is 1.73. The highest BCUT2D eigenvalue weighted by Gasteiger charge is 2.36.